The maximum Gasteiger partial charge on any atom is 0.335 e. The van der Waals surface area contributed by atoms with Crippen molar-refractivity contribution in [1.82, 2.24) is 0 Å². The van der Waals surface area contributed by atoms with Gasteiger partial charge in [-0.25, -0.2) is 0 Å². The minimum atomic E-state index is -0.451. The van der Waals surface area contributed by atoms with Gasteiger partial charge in [-0.05, 0) is 47.3 Å². The highest BCUT2D eigenvalue weighted by Gasteiger charge is 2.43. The number of fused-ring (bicyclic) bond motifs is 4. The first-order valence-corrected chi connectivity index (χ1v) is 11.4. The van der Waals surface area contributed by atoms with Crippen LogP contribution >= 0.6 is 0 Å². The number of nitriles is 4. The molecule has 0 spiro atoms. The van der Waals surface area contributed by atoms with E-state index in [1.54, 1.807) is 24.3 Å². The summed E-state index contributed by atoms with van der Waals surface area (Å²) in [5, 5.41) is 39.8. The molecule has 0 N–H and O–H groups in total. The van der Waals surface area contributed by atoms with Crippen molar-refractivity contribution in [3.8, 4) is 35.8 Å². The number of hydrogen-bond donors (Lipinski definition) is 0. The second kappa shape index (κ2) is 8.21. The second-order valence-corrected chi connectivity index (χ2v) is 8.74. The van der Waals surface area contributed by atoms with Crippen molar-refractivity contribution in [3.05, 3.63) is 95.1 Å². The van der Waals surface area contributed by atoms with E-state index in [4.69, 9.17) is 4.74 Å². The summed E-state index contributed by atoms with van der Waals surface area (Å²) < 4.78 is 6.23. The maximum atomic E-state index is 10.2. The van der Waals surface area contributed by atoms with Gasteiger partial charge in [-0.2, -0.15) is 21.0 Å². The molecule has 8 heteroatoms. The molecule has 0 saturated carbocycles. The molecule has 0 fully saturated rings. The lowest BCUT2D eigenvalue weighted by atomic mass is 9.47. The Kier molecular flexibility index (Phi) is 4.84. The third-order valence-corrected chi connectivity index (χ3v) is 6.79. The maximum absolute atomic E-state index is 10.2. The fourth-order valence-electron chi connectivity index (χ4n) is 5.22. The predicted molar refractivity (Wildman–Crippen MR) is 140 cm³/mol. The zero-order valence-corrected chi connectivity index (χ0v) is 19.6. The van der Waals surface area contributed by atoms with Crippen LogP contribution in [0.25, 0.3) is 0 Å². The second-order valence-electron chi connectivity index (χ2n) is 8.74. The molecule has 0 bridgehead atoms. The number of benzene rings is 4. The number of ether oxygens (including phenoxy) is 1. The summed E-state index contributed by atoms with van der Waals surface area (Å²) in [5.74, 6) is 1.35. The number of rotatable bonds is 1. The molecule has 0 amide bonds. The quantitative estimate of drug-likeness (QED) is 0.378. The van der Waals surface area contributed by atoms with E-state index in [0.29, 0.717) is 56.5 Å². The van der Waals surface area contributed by atoms with E-state index in [-0.39, 0.29) is 0 Å². The zero-order valence-electron chi connectivity index (χ0n) is 19.6. The van der Waals surface area contributed by atoms with E-state index >= 15 is 0 Å². The van der Waals surface area contributed by atoms with E-state index in [0.717, 1.165) is 10.9 Å². The van der Waals surface area contributed by atoms with Gasteiger partial charge >= 0.3 is 6.85 Å². The van der Waals surface area contributed by atoms with Gasteiger partial charge in [0.2, 0.25) is 0 Å². The normalized spacial score (nSPS) is 12.4. The third kappa shape index (κ3) is 3.11. The molecule has 37 heavy (non-hydrogen) atoms. The van der Waals surface area contributed by atoms with Crippen LogP contribution in [0.1, 0.15) is 22.3 Å². The zero-order chi connectivity index (χ0) is 25.7. The lowest BCUT2D eigenvalue weighted by Crippen LogP contribution is -2.58. The SMILES string of the molecule is CN1c2cc(C#N)cc(C#N)c2N(B2c3ccccc3Oc3ccccc32)c2c(C#N)cc(C#N)cc21. The van der Waals surface area contributed by atoms with Crippen molar-refractivity contribution >= 4 is 40.5 Å². The summed E-state index contributed by atoms with van der Waals surface area (Å²) in [6.45, 7) is -0.451. The Hall–Kier alpha value is -5.70. The van der Waals surface area contributed by atoms with Crippen LogP contribution in [0, 0.1) is 45.3 Å². The third-order valence-electron chi connectivity index (χ3n) is 6.79. The molecule has 0 unspecified atom stereocenters. The molecule has 2 aliphatic heterocycles. The summed E-state index contributed by atoms with van der Waals surface area (Å²) in [6, 6.07) is 30.8. The number of para-hydroxylation sites is 2. The molecule has 0 saturated heterocycles. The highest BCUT2D eigenvalue weighted by atomic mass is 16.5. The van der Waals surface area contributed by atoms with Crippen LogP contribution in [0.4, 0.5) is 22.7 Å². The minimum absolute atomic E-state index is 0.307. The van der Waals surface area contributed by atoms with E-state index in [1.807, 2.05) is 65.3 Å². The van der Waals surface area contributed by atoms with Crippen molar-refractivity contribution in [2.24, 2.45) is 0 Å². The van der Waals surface area contributed by atoms with Gasteiger partial charge in [0.1, 0.15) is 23.6 Å². The molecule has 2 heterocycles. The Labute approximate surface area is 213 Å². The molecule has 0 radical (unpaired) electrons. The van der Waals surface area contributed by atoms with Crippen molar-refractivity contribution in [1.29, 1.82) is 21.0 Å². The van der Waals surface area contributed by atoms with Crippen LogP contribution in [-0.2, 0) is 0 Å². The van der Waals surface area contributed by atoms with Crippen LogP contribution in [0.2, 0.25) is 0 Å². The molecule has 7 nitrogen and oxygen atoms in total. The summed E-state index contributed by atoms with van der Waals surface area (Å²) in [4.78, 5) is 3.83. The summed E-state index contributed by atoms with van der Waals surface area (Å²) in [7, 11) is 1.81. The lowest BCUT2D eigenvalue weighted by molar-refractivity contribution is 0.487. The molecule has 170 valence electrons. The van der Waals surface area contributed by atoms with Gasteiger partial charge in [0.15, 0.2) is 0 Å². The lowest BCUT2D eigenvalue weighted by Gasteiger charge is -2.44. The van der Waals surface area contributed by atoms with Gasteiger partial charge in [-0.15, -0.1) is 0 Å². The van der Waals surface area contributed by atoms with Gasteiger partial charge < -0.3 is 14.4 Å². The molecule has 2 aliphatic rings. The molecule has 0 aliphatic carbocycles. The van der Waals surface area contributed by atoms with Crippen molar-refractivity contribution in [2.75, 3.05) is 16.8 Å². The fourth-order valence-corrected chi connectivity index (χ4v) is 5.22. The standard InChI is InChI=1S/C29H15BN6O/c1-35-24-12-18(14-31)10-20(16-33)28(24)36(29-21(17-34)11-19(15-32)13-25(29)35)30-22-6-2-4-8-26(22)37-27-9-5-3-7-23(27)30/h2-13H,1H3. The molecule has 0 aromatic heterocycles. The highest BCUT2D eigenvalue weighted by molar-refractivity contribution is 6.91. The van der Waals surface area contributed by atoms with Crippen LogP contribution in [0.5, 0.6) is 11.5 Å². The highest BCUT2D eigenvalue weighted by Crippen LogP contribution is 2.51. The number of anilines is 4. The molecule has 4 aromatic rings. The molecular formula is C29H15BN6O. The monoisotopic (exact) mass is 474 g/mol. The smallest absolute Gasteiger partial charge is 0.335 e. The van der Waals surface area contributed by atoms with E-state index in [1.165, 1.54) is 0 Å². The first-order chi connectivity index (χ1) is 18.1. The summed E-state index contributed by atoms with van der Waals surface area (Å²) in [6.07, 6.45) is 0. The van der Waals surface area contributed by atoms with Crippen LogP contribution in [0.3, 0.4) is 0 Å². The predicted octanol–water partition coefficient (Wildman–Crippen LogP) is 4.30. The average molecular weight is 474 g/mol. The number of hydrogen-bond acceptors (Lipinski definition) is 7. The summed E-state index contributed by atoms with van der Waals surface area (Å²) in [5.41, 5.74) is 5.44. The van der Waals surface area contributed by atoms with Gasteiger partial charge in [-0.1, -0.05) is 36.4 Å². The Morgan fingerprint density at radius 2 is 1.11 bits per heavy atom. The Morgan fingerprint density at radius 1 is 0.649 bits per heavy atom. The first-order valence-electron chi connectivity index (χ1n) is 11.4. The molecule has 0 atom stereocenters. The Balaban J connectivity index is 1.78. The first kappa shape index (κ1) is 21.8. The van der Waals surface area contributed by atoms with Gasteiger partial charge in [-0.3, -0.25) is 0 Å². The minimum Gasteiger partial charge on any atom is -0.458 e. The Bertz CT molecular complexity index is 1670. The van der Waals surface area contributed by atoms with Crippen LogP contribution < -0.4 is 25.4 Å². The molecule has 6 rings (SSSR count). The van der Waals surface area contributed by atoms with E-state index in [2.05, 4.69) is 24.3 Å². The van der Waals surface area contributed by atoms with Crippen LogP contribution in [-0.4, -0.2) is 13.9 Å². The molecular weight excluding hydrogens is 459 g/mol. The number of nitrogens with zero attached hydrogens (tertiary/aromatic N) is 6. The van der Waals surface area contributed by atoms with Crippen molar-refractivity contribution in [2.45, 2.75) is 0 Å². The molecule has 4 aromatic carbocycles. The van der Waals surface area contributed by atoms with Crippen LogP contribution in [0.15, 0.2) is 72.8 Å². The van der Waals surface area contributed by atoms with Crippen molar-refractivity contribution < 1.29 is 4.74 Å². The largest absolute Gasteiger partial charge is 0.458 e. The van der Waals surface area contributed by atoms with E-state index in [9.17, 15) is 21.0 Å². The van der Waals surface area contributed by atoms with Gasteiger partial charge in [0.25, 0.3) is 0 Å². The topological polar surface area (TPSA) is 111 Å². The summed E-state index contributed by atoms with van der Waals surface area (Å²) >= 11 is 0. The van der Waals surface area contributed by atoms with Crippen molar-refractivity contribution in [3.63, 3.8) is 0 Å². The average Bonchev–Trinajstić information content (AvgIpc) is 2.95. The van der Waals surface area contributed by atoms with Gasteiger partial charge in [0, 0.05) is 7.05 Å². The van der Waals surface area contributed by atoms with E-state index < -0.39 is 6.85 Å². The Morgan fingerprint density at radius 3 is 1.54 bits per heavy atom. The fraction of sp³-hybridized carbons (Fsp3) is 0.0345. The van der Waals surface area contributed by atoms with Gasteiger partial charge in [0.05, 0.1) is 57.1 Å².